The average molecular weight is 241 g/mol. The van der Waals surface area contributed by atoms with Gasteiger partial charge in [-0.25, -0.2) is 0 Å². The molecule has 0 radical (unpaired) electrons. The van der Waals surface area contributed by atoms with Gasteiger partial charge in [0.2, 0.25) is 0 Å². The van der Waals surface area contributed by atoms with Gasteiger partial charge >= 0.3 is 15.4 Å². The molecule has 84 valence electrons. The average Bonchev–Trinajstić information content (AvgIpc) is 2.05. The van der Waals surface area contributed by atoms with Gasteiger partial charge in [0, 0.05) is 12.8 Å². The highest BCUT2D eigenvalue weighted by Gasteiger charge is 2.59. The van der Waals surface area contributed by atoms with E-state index in [4.69, 9.17) is 4.52 Å². The van der Waals surface area contributed by atoms with E-state index in [1.807, 2.05) is 0 Å². The fourth-order valence-corrected chi connectivity index (χ4v) is 5.45. The lowest BCUT2D eigenvalue weighted by atomic mass is 10.2. The van der Waals surface area contributed by atoms with E-state index in [1.54, 1.807) is 20.8 Å². The minimum atomic E-state index is -3.77. The molecule has 0 amide bonds. The maximum absolute atomic E-state index is 11.9. The Morgan fingerprint density at radius 1 is 1.36 bits per heavy atom. The SMILES string of the molecule is CCOP(=O)(O)C(CC)(CC)[P+](C)=O. The first-order valence-electron chi connectivity index (χ1n) is 4.76. The Morgan fingerprint density at radius 3 is 2.00 bits per heavy atom. The Morgan fingerprint density at radius 2 is 1.79 bits per heavy atom. The molecule has 6 heteroatoms. The predicted octanol–water partition coefficient (Wildman–Crippen LogP) is 3.18. The Balaban J connectivity index is 5.18. The summed E-state index contributed by atoms with van der Waals surface area (Å²) >= 11 is 0. The highest BCUT2D eigenvalue weighted by Crippen LogP contribution is 2.68. The van der Waals surface area contributed by atoms with E-state index in [1.165, 1.54) is 6.66 Å². The van der Waals surface area contributed by atoms with Crippen LogP contribution in [0.1, 0.15) is 33.6 Å². The van der Waals surface area contributed by atoms with Crippen molar-refractivity contribution in [3.05, 3.63) is 0 Å². The Bertz CT molecular complexity index is 248. The zero-order valence-corrected chi connectivity index (χ0v) is 11.0. The van der Waals surface area contributed by atoms with Gasteiger partial charge in [0.05, 0.1) is 6.61 Å². The number of hydrogen-bond donors (Lipinski definition) is 1. The maximum atomic E-state index is 11.9. The van der Waals surface area contributed by atoms with E-state index >= 15 is 0 Å². The third kappa shape index (κ3) is 2.43. The van der Waals surface area contributed by atoms with Gasteiger partial charge in [-0.1, -0.05) is 18.4 Å². The topological polar surface area (TPSA) is 63.6 Å². The summed E-state index contributed by atoms with van der Waals surface area (Å²) in [4.78, 5) is 8.67. The summed E-state index contributed by atoms with van der Waals surface area (Å²) in [5.41, 5.74) is 0. The monoisotopic (exact) mass is 241 g/mol. The first-order valence-corrected chi connectivity index (χ1v) is 8.04. The lowest BCUT2D eigenvalue weighted by Crippen LogP contribution is -2.23. The second-order valence-corrected chi connectivity index (χ2v) is 7.48. The summed E-state index contributed by atoms with van der Waals surface area (Å²) in [6.45, 7) is 6.84. The molecule has 0 aliphatic rings. The van der Waals surface area contributed by atoms with Crippen molar-refractivity contribution in [2.75, 3.05) is 13.3 Å². The Kier molecular flexibility index (Phi) is 5.46. The van der Waals surface area contributed by atoms with Crippen LogP contribution in [0.4, 0.5) is 0 Å². The fourth-order valence-electron chi connectivity index (χ4n) is 1.57. The summed E-state index contributed by atoms with van der Waals surface area (Å²) in [6, 6.07) is 0. The third-order valence-electron chi connectivity index (χ3n) is 2.55. The zero-order valence-electron chi connectivity index (χ0n) is 9.19. The zero-order chi connectivity index (χ0) is 11.4. The van der Waals surface area contributed by atoms with Crippen LogP contribution in [0.25, 0.3) is 0 Å². The maximum Gasteiger partial charge on any atom is 0.381 e. The van der Waals surface area contributed by atoms with E-state index in [2.05, 4.69) is 0 Å². The minimum absolute atomic E-state index is 0.165. The second kappa shape index (κ2) is 5.37. The van der Waals surface area contributed by atoms with Crippen molar-refractivity contribution in [2.24, 2.45) is 0 Å². The summed E-state index contributed by atoms with van der Waals surface area (Å²) in [7, 11) is -5.51. The van der Waals surface area contributed by atoms with Crippen LogP contribution < -0.4 is 0 Å². The van der Waals surface area contributed by atoms with Gasteiger partial charge in [0.25, 0.3) is 4.90 Å². The molecule has 2 atom stereocenters. The van der Waals surface area contributed by atoms with Crippen molar-refractivity contribution < 1.29 is 18.5 Å². The van der Waals surface area contributed by atoms with E-state index in [-0.39, 0.29) is 6.61 Å². The first-order chi connectivity index (χ1) is 6.38. The highest BCUT2D eigenvalue weighted by molar-refractivity contribution is 7.69. The quantitative estimate of drug-likeness (QED) is 0.725. The van der Waals surface area contributed by atoms with Gasteiger partial charge in [-0.3, -0.25) is 4.57 Å². The lowest BCUT2D eigenvalue weighted by molar-refractivity contribution is 0.256. The van der Waals surface area contributed by atoms with Gasteiger partial charge in [-0.2, -0.15) is 0 Å². The molecule has 0 fully saturated rings. The van der Waals surface area contributed by atoms with Crippen LogP contribution in [-0.4, -0.2) is 23.1 Å². The number of hydrogen-bond acceptors (Lipinski definition) is 3. The molecule has 0 spiro atoms. The van der Waals surface area contributed by atoms with Gasteiger partial charge in [-0.05, 0) is 6.92 Å². The highest BCUT2D eigenvalue weighted by atomic mass is 31.2. The molecule has 0 heterocycles. The molecule has 1 N–H and O–H groups in total. The summed E-state index contributed by atoms with van der Waals surface area (Å²) < 4.78 is 28.3. The fraction of sp³-hybridized carbons (Fsp3) is 1.00. The lowest BCUT2D eigenvalue weighted by Gasteiger charge is -2.24. The van der Waals surface area contributed by atoms with E-state index < -0.39 is 20.3 Å². The third-order valence-corrected chi connectivity index (χ3v) is 8.25. The minimum Gasteiger partial charge on any atom is -0.321 e. The molecule has 0 saturated heterocycles. The first kappa shape index (κ1) is 14.2. The molecule has 0 saturated carbocycles. The Labute approximate surface area is 86.4 Å². The molecule has 0 aliphatic heterocycles. The van der Waals surface area contributed by atoms with Crippen molar-refractivity contribution in [3.63, 3.8) is 0 Å². The standard InChI is InChI=1S/C8H18O4P2/c1-5-8(6-2,13(4)9)14(10,11)12-7-3/h5-7H2,1-4H3/p+1. The van der Waals surface area contributed by atoms with Gasteiger partial charge in [0.1, 0.15) is 6.66 Å². The van der Waals surface area contributed by atoms with E-state index in [0.717, 1.165) is 0 Å². The molecular weight excluding hydrogens is 222 g/mol. The molecule has 4 nitrogen and oxygen atoms in total. The van der Waals surface area contributed by atoms with E-state index in [9.17, 15) is 14.0 Å². The van der Waals surface area contributed by atoms with Crippen LogP contribution in [0, 0.1) is 0 Å². The summed E-state index contributed by atoms with van der Waals surface area (Å²) in [5.74, 6) is 0. The molecule has 0 rings (SSSR count). The van der Waals surface area contributed by atoms with Crippen molar-refractivity contribution in [1.29, 1.82) is 0 Å². The molecule has 0 aromatic carbocycles. The predicted molar refractivity (Wildman–Crippen MR) is 58.3 cm³/mol. The van der Waals surface area contributed by atoms with Gasteiger partial charge in [-0.15, -0.1) is 0 Å². The van der Waals surface area contributed by atoms with E-state index in [0.29, 0.717) is 12.8 Å². The van der Waals surface area contributed by atoms with Crippen molar-refractivity contribution >= 4 is 15.4 Å². The molecule has 0 aromatic heterocycles. The van der Waals surface area contributed by atoms with Crippen LogP contribution in [-0.2, 0) is 13.7 Å². The van der Waals surface area contributed by atoms with Crippen LogP contribution in [0.5, 0.6) is 0 Å². The molecular formula is C8H19O4P2+. The molecule has 14 heavy (non-hydrogen) atoms. The summed E-state index contributed by atoms with van der Waals surface area (Å²) in [6.07, 6.45) is 0.784. The second-order valence-electron chi connectivity index (χ2n) is 3.13. The van der Waals surface area contributed by atoms with Gasteiger partial charge < -0.3 is 9.42 Å². The smallest absolute Gasteiger partial charge is 0.321 e. The molecule has 0 aromatic rings. The van der Waals surface area contributed by atoms with Crippen molar-refractivity contribution in [2.45, 2.75) is 38.5 Å². The molecule has 2 unspecified atom stereocenters. The van der Waals surface area contributed by atoms with Crippen LogP contribution in [0.15, 0.2) is 0 Å². The largest absolute Gasteiger partial charge is 0.381 e. The number of rotatable bonds is 6. The molecule has 0 bridgehead atoms. The van der Waals surface area contributed by atoms with Gasteiger partial charge in [0.15, 0.2) is 0 Å². The normalized spacial score (nSPS) is 17.6. The van der Waals surface area contributed by atoms with Crippen LogP contribution in [0.2, 0.25) is 0 Å². The summed E-state index contributed by atoms with van der Waals surface area (Å²) in [5, 5.41) is 0. The Hall–Kier alpha value is 0.250. The van der Waals surface area contributed by atoms with Crippen molar-refractivity contribution in [3.8, 4) is 0 Å². The van der Waals surface area contributed by atoms with Crippen LogP contribution in [0.3, 0.4) is 0 Å². The van der Waals surface area contributed by atoms with Crippen LogP contribution >= 0.6 is 15.4 Å². The molecule has 0 aliphatic carbocycles. The van der Waals surface area contributed by atoms with Crippen molar-refractivity contribution in [1.82, 2.24) is 0 Å².